The Balaban J connectivity index is 1.91. The van der Waals surface area contributed by atoms with Crippen molar-refractivity contribution in [1.82, 2.24) is 10.2 Å². The van der Waals surface area contributed by atoms with Crippen molar-refractivity contribution in [3.63, 3.8) is 0 Å². The van der Waals surface area contributed by atoms with Crippen LogP contribution < -0.4 is 11.1 Å². The van der Waals surface area contributed by atoms with Gasteiger partial charge >= 0.3 is 0 Å². The number of nitrogens with two attached hydrogens (primary N) is 1. The predicted octanol–water partition coefficient (Wildman–Crippen LogP) is 1.88. The fourth-order valence-electron chi connectivity index (χ4n) is 3.73. The zero-order valence-corrected chi connectivity index (χ0v) is 15.0. The second-order valence-electron chi connectivity index (χ2n) is 6.63. The average Bonchev–Trinajstić information content (AvgIpc) is 3.18. The van der Waals surface area contributed by atoms with Crippen molar-refractivity contribution in [1.29, 1.82) is 0 Å². The molecule has 2 aromatic rings. The lowest BCUT2D eigenvalue weighted by Crippen LogP contribution is -2.52. The Kier molecular flexibility index (Phi) is 5.68. The molecule has 1 aliphatic rings. The van der Waals surface area contributed by atoms with Crippen LogP contribution >= 0.6 is 0 Å². The molecule has 0 bridgehead atoms. The van der Waals surface area contributed by atoms with Crippen molar-refractivity contribution in [3.8, 4) is 0 Å². The van der Waals surface area contributed by atoms with Gasteiger partial charge in [-0.3, -0.25) is 9.59 Å². The third-order valence-electron chi connectivity index (χ3n) is 5.05. The molecule has 0 unspecified atom stereocenters. The van der Waals surface area contributed by atoms with Gasteiger partial charge in [-0.2, -0.15) is 0 Å². The number of rotatable bonds is 5. The Morgan fingerprint density at radius 3 is 2.08 bits per heavy atom. The number of hydrogen-bond donors (Lipinski definition) is 2. The normalized spacial score (nSPS) is 18.0. The fourth-order valence-corrected chi connectivity index (χ4v) is 3.73. The van der Waals surface area contributed by atoms with E-state index in [1.165, 1.54) is 0 Å². The summed E-state index contributed by atoms with van der Waals surface area (Å²) in [4.78, 5) is 26.9. The van der Waals surface area contributed by atoms with Crippen molar-refractivity contribution in [2.75, 3.05) is 13.6 Å². The predicted molar refractivity (Wildman–Crippen MR) is 102 cm³/mol. The maximum absolute atomic E-state index is 13.2. The number of benzene rings is 2. The molecule has 0 radical (unpaired) electrons. The molecule has 2 amide bonds. The third kappa shape index (κ3) is 3.63. The fraction of sp³-hybridized carbons (Fsp3) is 0.333. The van der Waals surface area contributed by atoms with E-state index in [-0.39, 0.29) is 17.7 Å². The van der Waals surface area contributed by atoms with Crippen molar-refractivity contribution in [2.24, 2.45) is 5.73 Å². The molecule has 3 rings (SSSR count). The molecule has 136 valence electrons. The molecule has 26 heavy (non-hydrogen) atoms. The number of carbonyl (C=O) groups is 2. The number of likely N-dealkylation sites (tertiary alicyclic amines) is 1. The van der Waals surface area contributed by atoms with Gasteiger partial charge in [0.1, 0.15) is 6.04 Å². The number of nitrogens with one attached hydrogen (secondary N) is 1. The molecule has 2 aromatic carbocycles. The molecule has 3 N–H and O–H groups in total. The highest BCUT2D eigenvalue weighted by Gasteiger charge is 2.38. The van der Waals surface area contributed by atoms with Crippen LogP contribution in [0.25, 0.3) is 0 Å². The van der Waals surface area contributed by atoms with Crippen LogP contribution in [0.4, 0.5) is 0 Å². The second kappa shape index (κ2) is 8.15. The van der Waals surface area contributed by atoms with Gasteiger partial charge in [0.15, 0.2) is 0 Å². The van der Waals surface area contributed by atoms with Gasteiger partial charge in [0.2, 0.25) is 11.8 Å². The molecular formula is C21H25N3O2. The molecule has 5 nitrogen and oxygen atoms in total. The SMILES string of the molecule is CNC(=O)[C@@H]1CCCN1C(=O)[C@H](N)C(c1ccccc1)c1ccccc1. The van der Waals surface area contributed by atoms with E-state index in [1.807, 2.05) is 60.7 Å². The molecule has 1 heterocycles. The van der Waals surface area contributed by atoms with Gasteiger partial charge in [-0.1, -0.05) is 60.7 Å². The first-order valence-corrected chi connectivity index (χ1v) is 9.01. The lowest BCUT2D eigenvalue weighted by molar-refractivity contribution is -0.139. The van der Waals surface area contributed by atoms with E-state index in [0.29, 0.717) is 13.0 Å². The minimum Gasteiger partial charge on any atom is -0.357 e. The summed E-state index contributed by atoms with van der Waals surface area (Å²) in [6.45, 7) is 0.570. The zero-order chi connectivity index (χ0) is 18.5. The smallest absolute Gasteiger partial charge is 0.242 e. The van der Waals surface area contributed by atoms with Crippen LogP contribution in [0.5, 0.6) is 0 Å². The first-order valence-electron chi connectivity index (χ1n) is 9.01. The minimum absolute atomic E-state index is 0.126. The number of nitrogens with zero attached hydrogens (tertiary/aromatic N) is 1. The van der Waals surface area contributed by atoms with Gasteiger partial charge in [0, 0.05) is 19.5 Å². The zero-order valence-electron chi connectivity index (χ0n) is 15.0. The molecular weight excluding hydrogens is 326 g/mol. The summed E-state index contributed by atoms with van der Waals surface area (Å²) in [6.07, 6.45) is 1.50. The first-order chi connectivity index (χ1) is 12.6. The van der Waals surface area contributed by atoms with Crippen molar-refractivity contribution < 1.29 is 9.59 Å². The molecule has 1 saturated heterocycles. The van der Waals surface area contributed by atoms with E-state index in [9.17, 15) is 9.59 Å². The summed E-state index contributed by atoms with van der Waals surface area (Å²) in [5.41, 5.74) is 8.48. The number of amides is 2. The molecule has 0 spiro atoms. The lowest BCUT2D eigenvalue weighted by Gasteiger charge is -2.30. The summed E-state index contributed by atoms with van der Waals surface area (Å²) in [5, 5.41) is 2.65. The molecule has 5 heteroatoms. The first kappa shape index (κ1) is 18.1. The highest BCUT2D eigenvalue weighted by atomic mass is 16.2. The Bertz CT molecular complexity index is 709. The summed E-state index contributed by atoms with van der Waals surface area (Å²) in [5.74, 6) is -0.552. The second-order valence-corrected chi connectivity index (χ2v) is 6.63. The molecule has 0 aliphatic carbocycles. The van der Waals surface area contributed by atoms with Crippen LogP contribution in [0.15, 0.2) is 60.7 Å². The van der Waals surface area contributed by atoms with E-state index >= 15 is 0 Å². The van der Waals surface area contributed by atoms with Crippen LogP contribution in [0.3, 0.4) is 0 Å². The Morgan fingerprint density at radius 2 is 1.58 bits per heavy atom. The monoisotopic (exact) mass is 351 g/mol. The standard InChI is InChI=1S/C21H25N3O2/c1-23-20(25)17-13-8-14-24(17)21(26)19(22)18(15-9-4-2-5-10-15)16-11-6-3-7-12-16/h2-7,9-12,17-19H,8,13-14,22H2,1H3,(H,23,25)/t17-,19+/m0/s1. The largest absolute Gasteiger partial charge is 0.357 e. The molecule has 1 aliphatic heterocycles. The minimum atomic E-state index is -0.745. The highest BCUT2D eigenvalue weighted by molar-refractivity contribution is 5.91. The number of carbonyl (C=O) groups excluding carboxylic acids is 2. The molecule has 1 fully saturated rings. The van der Waals surface area contributed by atoms with E-state index in [4.69, 9.17) is 5.73 Å². The summed E-state index contributed by atoms with van der Waals surface area (Å²) in [7, 11) is 1.60. The van der Waals surface area contributed by atoms with Crippen LogP contribution in [0, 0.1) is 0 Å². The van der Waals surface area contributed by atoms with Gasteiger partial charge in [-0.05, 0) is 24.0 Å². The third-order valence-corrected chi connectivity index (χ3v) is 5.05. The average molecular weight is 351 g/mol. The van der Waals surface area contributed by atoms with E-state index < -0.39 is 12.1 Å². The molecule has 2 atom stereocenters. The van der Waals surface area contributed by atoms with Crippen molar-refractivity contribution >= 4 is 11.8 Å². The topological polar surface area (TPSA) is 75.4 Å². The Hall–Kier alpha value is -2.66. The molecule has 0 saturated carbocycles. The van der Waals surface area contributed by atoms with Crippen LogP contribution in [0.1, 0.15) is 29.9 Å². The summed E-state index contributed by atoms with van der Waals surface area (Å²) < 4.78 is 0. The maximum Gasteiger partial charge on any atom is 0.242 e. The van der Waals surface area contributed by atoms with E-state index in [0.717, 1.165) is 17.5 Å². The van der Waals surface area contributed by atoms with Gasteiger partial charge in [0.05, 0.1) is 6.04 Å². The summed E-state index contributed by atoms with van der Waals surface area (Å²) >= 11 is 0. The van der Waals surface area contributed by atoms with Gasteiger partial charge in [-0.25, -0.2) is 0 Å². The highest BCUT2D eigenvalue weighted by Crippen LogP contribution is 2.29. The Labute approximate surface area is 154 Å². The van der Waals surface area contributed by atoms with Gasteiger partial charge < -0.3 is 16.0 Å². The van der Waals surface area contributed by atoms with Gasteiger partial charge in [0.25, 0.3) is 0 Å². The van der Waals surface area contributed by atoms with E-state index in [1.54, 1.807) is 11.9 Å². The number of hydrogen-bond acceptors (Lipinski definition) is 3. The van der Waals surface area contributed by atoms with Crippen molar-refractivity contribution in [2.45, 2.75) is 30.8 Å². The van der Waals surface area contributed by atoms with Crippen LogP contribution in [-0.2, 0) is 9.59 Å². The van der Waals surface area contributed by atoms with Crippen molar-refractivity contribution in [3.05, 3.63) is 71.8 Å². The van der Waals surface area contributed by atoms with Crippen LogP contribution in [0.2, 0.25) is 0 Å². The number of likely N-dealkylation sites (N-methyl/N-ethyl adjacent to an activating group) is 1. The quantitative estimate of drug-likeness (QED) is 0.864. The van der Waals surface area contributed by atoms with Gasteiger partial charge in [-0.15, -0.1) is 0 Å². The van der Waals surface area contributed by atoms with Crippen LogP contribution in [-0.4, -0.2) is 42.4 Å². The molecule has 0 aromatic heterocycles. The Morgan fingerprint density at radius 1 is 1.04 bits per heavy atom. The summed E-state index contributed by atoms with van der Waals surface area (Å²) in [6, 6.07) is 18.5. The lowest BCUT2D eigenvalue weighted by atomic mass is 9.84. The maximum atomic E-state index is 13.2. The van der Waals surface area contributed by atoms with E-state index in [2.05, 4.69) is 5.32 Å².